The monoisotopic (exact) mass is 267 g/mol. The number of thioether (sulfide) groups is 1. The predicted molar refractivity (Wildman–Crippen MR) is 79.8 cm³/mol. The topological polar surface area (TPSA) is 46.2 Å². The third kappa shape index (κ3) is 4.30. The summed E-state index contributed by atoms with van der Waals surface area (Å²) < 4.78 is 0.138. The van der Waals surface area contributed by atoms with Crippen molar-refractivity contribution in [1.29, 1.82) is 0 Å². The van der Waals surface area contributed by atoms with Crippen LogP contribution in [-0.2, 0) is 0 Å². The van der Waals surface area contributed by atoms with Crippen molar-refractivity contribution >= 4 is 11.8 Å². The van der Waals surface area contributed by atoms with Gasteiger partial charge in [-0.1, -0.05) is 52.8 Å². The van der Waals surface area contributed by atoms with Crippen LogP contribution in [0.25, 0.3) is 0 Å². The van der Waals surface area contributed by atoms with Crippen LogP contribution in [0.5, 0.6) is 0 Å². The SMILES string of the molecule is CC(C)[C@H](O)[C@H](N)c1ccccc1SC(C)(C)C. The lowest BCUT2D eigenvalue weighted by Gasteiger charge is -2.26. The quantitative estimate of drug-likeness (QED) is 0.819. The van der Waals surface area contributed by atoms with E-state index in [1.165, 1.54) is 0 Å². The van der Waals surface area contributed by atoms with Crippen molar-refractivity contribution in [2.24, 2.45) is 11.7 Å². The molecule has 0 unspecified atom stereocenters. The summed E-state index contributed by atoms with van der Waals surface area (Å²) in [5, 5.41) is 10.1. The van der Waals surface area contributed by atoms with Crippen LogP contribution in [0.15, 0.2) is 29.2 Å². The summed E-state index contributed by atoms with van der Waals surface area (Å²) in [6.07, 6.45) is -0.508. The van der Waals surface area contributed by atoms with Crippen LogP contribution >= 0.6 is 11.8 Å². The van der Waals surface area contributed by atoms with Gasteiger partial charge >= 0.3 is 0 Å². The Hall–Kier alpha value is -0.510. The smallest absolute Gasteiger partial charge is 0.0756 e. The highest BCUT2D eigenvalue weighted by molar-refractivity contribution is 8.00. The van der Waals surface area contributed by atoms with Crippen LogP contribution in [-0.4, -0.2) is 16.0 Å². The molecule has 0 fully saturated rings. The van der Waals surface area contributed by atoms with Crippen LogP contribution in [0, 0.1) is 5.92 Å². The van der Waals surface area contributed by atoms with E-state index in [0.29, 0.717) is 0 Å². The molecule has 102 valence electrons. The zero-order valence-corrected chi connectivity index (χ0v) is 12.8. The van der Waals surface area contributed by atoms with Crippen LogP contribution in [0.2, 0.25) is 0 Å². The van der Waals surface area contributed by atoms with Crippen molar-refractivity contribution in [3.63, 3.8) is 0 Å². The van der Waals surface area contributed by atoms with Crippen molar-refractivity contribution in [3.8, 4) is 0 Å². The Balaban J connectivity index is 3.01. The Kier molecular flexibility index (Phi) is 5.26. The van der Waals surface area contributed by atoms with Crippen LogP contribution in [0.1, 0.15) is 46.2 Å². The number of hydrogen-bond acceptors (Lipinski definition) is 3. The van der Waals surface area contributed by atoms with E-state index in [1.807, 2.05) is 32.0 Å². The molecule has 3 heteroatoms. The maximum Gasteiger partial charge on any atom is 0.0756 e. The summed E-state index contributed by atoms with van der Waals surface area (Å²) in [6, 6.07) is 7.78. The van der Waals surface area contributed by atoms with Gasteiger partial charge in [0.05, 0.1) is 12.1 Å². The van der Waals surface area contributed by atoms with E-state index in [2.05, 4.69) is 26.8 Å². The number of nitrogens with two attached hydrogens (primary N) is 1. The second-order valence-electron chi connectivity index (χ2n) is 6.01. The first-order valence-corrected chi connectivity index (χ1v) is 7.25. The summed E-state index contributed by atoms with van der Waals surface area (Å²) in [4.78, 5) is 1.16. The second kappa shape index (κ2) is 6.09. The van der Waals surface area contributed by atoms with Crippen molar-refractivity contribution in [1.82, 2.24) is 0 Å². The predicted octanol–water partition coefficient (Wildman–Crippen LogP) is 3.59. The summed E-state index contributed by atoms with van der Waals surface area (Å²) in [5.41, 5.74) is 7.24. The Morgan fingerprint density at radius 3 is 2.22 bits per heavy atom. The van der Waals surface area contributed by atoms with Gasteiger partial charge in [-0.25, -0.2) is 0 Å². The van der Waals surface area contributed by atoms with Gasteiger partial charge in [-0.05, 0) is 17.5 Å². The average Bonchev–Trinajstić information content (AvgIpc) is 2.25. The minimum atomic E-state index is -0.508. The fourth-order valence-electron chi connectivity index (χ4n) is 1.78. The molecule has 0 spiro atoms. The molecule has 3 N–H and O–H groups in total. The molecule has 0 aliphatic carbocycles. The molecule has 0 saturated heterocycles. The van der Waals surface area contributed by atoms with Crippen LogP contribution in [0.4, 0.5) is 0 Å². The molecule has 0 heterocycles. The van der Waals surface area contributed by atoms with Gasteiger partial charge in [0.2, 0.25) is 0 Å². The highest BCUT2D eigenvalue weighted by Crippen LogP contribution is 2.37. The minimum Gasteiger partial charge on any atom is -0.391 e. The molecule has 0 saturated carbocycles. The largest absolute Gasteiger partial charge is 0.391 e. The van der Waals surface area contributed by atoms with E-state index < -0.39 is 6.10 Å². The van der Waals surface area contributed by atoms with E-state index in [-0.39, 0.29) is 16.7 Å². The minimum absolute atomic E-state index is 0.138. The molecule has 0 aliphatic rings. The van der Waals surface area contributed by atoms with Gasteiger partial charge in [0.15, 0.2) is 0 Å². The van der Waals surface area contributed by atoms with Crippen LogP contribution < -0.4 is 5.73 Å². The molecule has 1 rings (SSSR count). The van der Waals surface area contributed by atoms with E-state index in [9.17, 15) is 5.11 Å². The normalized spacial score (nSPS) is 15.8. The summed E-state index contributed by atoms with van der Waals surface area (Å²) >= 11 is 1.79. The standard InChI is InChI=1S/C15H25NOS/c1-10(2)14(17)13(16)11-8-6-7-9-12(11)18-15(3,4)5/h6-10,13-14,17H,16H2,1-5H3/t13-,14+/m1/s1. The third-order valence-electron chi connectivity index (χ3n) is 2.75. The number of aliphatic hydroxyl groups is 1. The molecule has 0 aliphatic heterocycles. The molecule has 18 heavy (non-hydrogen) atoms. The lowest BCUT2D eigenvalue weighted by Crippen LogP contribution is -2.31. The van der Waals surface area contributed by atoms with Gasteiger partial charge in [-0.15, -0.1) is 11.8 Å². The molecule has 0 radical (unpaired) electrons. The van der Waals surface area contributed by atoms with Crippen LogP contribution in [0.3, 0.4) is 0 Å². The Morgan fingerprint density at radius 1 is 1.17 bits per heavy atom. The van der Waals surface area contributed by atoms with Gasteiger partial charge in [0, 0.05) is 9.64 Å². The molecule has 1 aromatic rings. The first-order valence-electron chi connectivity index (χ1n) is 6.44. The van der Waals surface area contributed by atoms with Crippen molar-refractivity contribution < 1.29 is 5.11 Å². The Morgan fingerprint density at radius 2 is 1.72 bits per heavy atom. The average molecular weight is 267 g/mol. The maximum atomic E-state index is 10.1. The highest BCUT2D eigenvalue weighted by atomic mass is 32.2. The number of aliphatic hydroxyl groups excluding tert-OH is 1. The molecule has 2 atom stereocenters. The van der Waals surface area contributed by atoms with E-state index in [0.717, 1.165) is 10.5 Å². The molecule has 2 nitrogen and oxygen atoms in total. The fraction of sp³-hybridized carbons (Fsp3) is 0.600. The zero-order valence-electron chi connectivity index (χ0n) is 12.0. The van der Waals surface area contributed by atoms with Gasteiger partial charge in [0.1, 0.15) is 0 Å². The lowest BCUT2D eigenvalue weighted by atomic mass is 9.94. The van der Waals surface area contributed by atoms with Gasteiger partial charge in [0.25, 0.3) is 0 Å². The second-order valence-corrected chi connectivity index (χ2v) is 7.88. The first-order chi connectivity index (χ1) is 8.22. The van der Waals surface area contributed by atoms with Gasteiger partial charge < -0.3 is 10.8 Å². The Labute approximate surface area is 115 Å². The molecule has 0 bridgehead atoms. The third-order valence-corrected chi connectivity index (χ3v) is 3.95. The lowest BCUT2D eigenvalue weighted by molar-refractivity contribution is 0.0971. The van der Waals surface area contributed by atoms with Crippen molar-refractivity contribution in [2.45, 2.75) is 56.4 Å². The van der Waals surface area contributed by atoms with Crippen molar-refractivity contribution in [2.75, 3.05) is 0 Å². The maximum absolute atomic E-state index is 10.1. The zero-order chi connectivity index (χ0) is 13.9. The van der Waals surface area contributed by atoms with Crippen molar-refractivity contribution in [3.05, 3.63) is 29.8 Å². The van der Waals surface area contributed by atoms with Gasteiger partial charge in [-0.2, -0.15) is 0 Å². The number of hydrogen-bond donors (Lipinski definition) is 2. The molecular formula is C15H25NOS. The molecule has 0 amide bonds. The first kappa shape index (κ1) is 15.5. The summed E-state index contributed by atoms with van der Waals surface area (Å²) in [7, 11) is 0. The summed E-state index contributed by atoms with van der Waals surface area (Å²) in [5.74, 6) is 0.160. The molecule has 0 aromatic heterocycles. The van der Waals surface area contributed by atoms with E-state index in [1.54, 1.807) is 11.8 Å². The number of rotatable bonds is 4. The number of benzene rings is 1. The molecule has 1 aromatic carbocycles. The highest BCUT2D eigenvalue weighted by Gasteiger charge is 2.24. The summed E-state index contributed by atoms with van der Waals surface area (Å²) in [6.45, 7) is 10.5. The van der Waals surface area contributed by atoms with Gasteiger partial charge in [-0.3, -0.25) is 0 Å². The fourth-order valence-corrected chi connectivity index (χ4v) is 2.91. The van der Waals surface area contributed by atoms with E-state index in [4.69, 9.17) is 5.73 Å². The molecular weight excluding hydrogens is 242 g/mol. The van der Waals surface area contributed by atoms with E-state index >= 15 is 0 Å². The Bertz CT molecular complexity index is 384.